The van der Waals surface area contributed by atoms with Crippen molar-refractivity contribution in [3.8, 4) is 11.5 Å². The lowest BCUT2D eigenvalue weighted by molar-refractivity contribution is 0.168. The van der Waals surface area contributed by atoms with Crippen LogP contribution in [-0.2, 0) is 0 Å². The summed E-state index contributed by atoms with van der Waals surface area (Å²) in [6.07, 6.45) is 7.50. The number of ether oxygens (including phenoxy) is 2. The Balaban J connectivity index is 2.07. The average molecular weight is 291 g/mol. The van der Waals surface area contributed by atoms with Gasteiger partial charge in [0, 0.05) is 11.6 Å². The monoisotopic (exact) mass is 291 g/mol. The summed E-state index contributed by atoms with van der Waals surface area (Å²) < 4.78 is 11.6. The van der Waals surface area contributed by atoms with Gasteiger partial charge in [0.2, 0.25) is 0 Å². The molecule has 0 amide bonds. The Bertz CT molecular complexity index is 420. The van der Waals surface area contributed by atoms with Crippen LogP contribution in [0.4, 0.5) is 0 Å². The van der Waals surface area contributed by atoms with Gasteiger partial charge in [-0.1, -0.05) is 51.7 Å². The SMILES string of the molecule is CCCCCCC(NCCC)c1cccc2c1OCCO2. The van der Waals surface area contributed by atoms with Crippen molar-refractivity contribution in [2.24, 2.45) is 0 Å². The van der Waals surface area contributed by atoms with Gasteiger partial charge in [-0.15, -0.1) is 0 Å². The minimum Gasteiger partial charge on any atom is -0.486 e. The first kappa shape index (κ1) is 16.2. The van der Waals surface area contributed by atoms with E-state index in [4.69, 9.17) is 9.47 Å². The van der Waals surface area contributed by atoms with Gasteiger partial charge in [-0.3, -0.25) is 0 Å². The maximum Gasteiger partial charge on any atom is 0.166 e. The fourth-order valence-corrected chi connectivity index (χ4v) is 2.83. The minimum absolute atomic E-state index is 0.374. The van der Waals surface area contributed by atoms with Crippen molar-refractivity contribution in [1.29, 1.82) is 0 Å². The van der Waals surface area contributed by atoms with E-state index >= 15 is 0 Å². The molecule has 0 spiro atoms. The van der Waals surface area contributed by atoms with Crippen molar-refractivity contribution >= 4 is 0 Å². The molecule has 2 rings (SSSR count). The molecule has 0 fully saturated rings. The van der Waals surface area contributed by atoms with Crippen LogP contribution >= 0.6 is 0 Å². The Morgan fingerprint density at radius 1 is 1.05 bits per heavy atom. The molecular formula is C18H29NO2. The van der Waals surface area contributed by atoms with E-state index in [1.54, 1.807) is 0 Å². The molecule has 1 unspecified atom stereocenters. The van der Waals surface area contributed by atoms with E-state index in [0.29, 0.717) is 19.3 Å². The minimum atomic E-state index is 0.374. The molecule has 1 aliphatic rings. The first-order chi connectivity index (χ1) is 10.4. The van der Waals surface area contributed by atoms with Gasteiger partial charge in [0.05, 0.1) is 0 Å². The lowest BCUT2D eigenvalue weighted by Gasteiger charge is -2.26. The maximum atomic E-state index is 5.88. The molecule has 0 bridgehead atoms. The number of nitrogens with one attached hydrogen (secondary N) is 1. The number of rotatable bonds is 9. The van der Waals surface area contributed by atoms with Gasteiger partial charge < -0.3 is 14.8 Å². The van der Waals surface area contributed by atoms with E-state index < -0.39 is 0 Å². The van der Waals surface area contributed by atoms with Crippen LogP contribution in [0.15, 0.2) is 18.2 Å². The van der Waals surface area contributed by atoms with Gasteiger partial charge in [0.1, 0.15) is 13.2 Å². The first-order valence-electron chi connectivity index (χ1n) is 8.48. The zero-order chi connectivity index (χ0) is 14.9. The number of hydrogen-bond acceptors (Lipinski definition) is 3. The lowest BCUT2D eigenvalue weighted by atomic mass is 9.98. The van der Waals surface area contributed by atoms with Crippen molar-refractivity contribution in [1.82, 2.24) is 5.32 Å². The van der Waals surface area contributed by atoms with Gasteiger partial charge in [0.25, 0.3) is 0 Å². The standard InChI is InChI=1S/C18H29NO2/c1-3-5-6-7-10-16(19-12-4-2)15-9-8-11-17-18(15)21-14-13-20-17/h8-9,11,16,19H,3-7,10,12-14H2,1-2H3. The summed E-state index contributed by atoms with van der Waals surface area (Å²) in [5.74, 6) is 1.85. The molecule has 1 heterocycles. The Morgan fingerprint density at radius 3 is 2.71 bits per heavy atom. The molecule has 0 aliphatic carbocycles. The van der Waals surface area contributed by atoms with E-state index in [0.717, 1.165) is 24.5 Å². The van der Waals surface area contributed by atoms with Crippen LogP contribution in [-0.4, -0.2) is 19.8 Å². The van der Waals surface area contributed by atoms with Crippen molar-refractivity contribution in [2.45, 2.75) is 58.4 Å². The highest BCUT2D eigenvalue weighted by Gasteiger charge is 2.21. The molecule has 0 radical (unpaired) electrons. The fraction of sp³-hybridized carbons (Fsp3) is 0.667. The molecule has 118 valence electrons. The van der Waals surface area contributed by atoms with E-state index in [2.05, 4.69) is 31.3 Å². The summed E-state index contributed by atoms with van der Waals surface area (Å²) in [5.41, 5.74) is 1.26. The summed E-state index contributed by atoms with van der Waals surface area (Å²) in [6.45, 7) is 6.82. The second-order valence-corrected chi connectivity index (χ2v) is 5.73. The highest BCUT2D eigenvalue weighted by atomic mass is 16.6. The predicted molar refractivity (Wildman–Crippen MR) is 87.2 cm³/mol. The summed E-state index contributed by atoms with van der Waals surface area (Å²) in [6, 6.07) is 6.64. The molecule has 0 saturated carbocycles. The molecule has 1 aromatic carbocycles. The quantitative estimate of drug-likeness (QED) is 0.681. The van der Waals surface area contributed by atoms with Crippen LogP contribution in [0.3, 0.4) is 0 Å². The van der Waals surface area contributed by atoms with Crippen LogP contribution in [0.1, 0.15) is 64.0 Å². The summed E-state index contributed by atoms with van der Waals surface area (Å²) in [5, 5.41) is 3.68. The normalized spacial score (nSPS) is 15.0. The Kier molecular flexibility index (Phi) is 6.87. The van der Waals surface area contributed by atoms with Gasteiger partial charge in [0.15, 0.2) is 11.5 Å². The third-order valence-corrected chi connectivity index (χ3v) is 3.96. The molecule has 21 heavy (non-hydrogen) atoms. The molecule has 1 N–H and O–H groups in total. The van der Waals surface area contributed by atoms with Crippen molar-refractivity contribution < 1.29 is 9.47 Å². The molecule has 1 atom stereocenters. The van der Waals surface area contributed by atoms with Crippen LogP contribution in [0, 0.1) is 0 Å². The zero-order valence-electron chi connectivity index (χ0n) is 13.5. The van der Waals surface area contributed by atoms with E-state index in [1.807, 2.05) is 6.07 Å². The van der Waals surface area contributed by atoms with Gasteiger partial charge in [-0.05, 0) is 25.5 Å². The molecule has 0 aromatic heterocycles. The number of para-hydroxylation sites is 1. The largest absolute Gasteiger partial charge is 0.486 e. The second-order valence-electron chi connectivity index (χ2n) is 5.73. The number of fused-ring (bicyclic) bond motifs is 1. The maximum absolute atomic E-state index is 5.88. The lowest BCUT2D eigenvalue weighted by Crippen LogP contribution is -2.24. The Hall–Kier alpha value is -1.22. The van der Waals surface area contributed by atoms with Gasteiger partial charge >= 0.3 is 0 Å². The first-order valence-corrected chi connectivity index (χ1v) is 8.48. The second kappa shape index (κ2) is 8.93. The Morgan fingerprint density at radius 2 is 1.90 bits per heavy atom. The van der Waals surface area contributed by atoms with Crippen molar-refractivity contribution in [2.75, 3.05) is 19.8 Å². The summed E-state index contributed by atoms with van der Waals surface area (Å²) >= 11 is 0. The fourth-order valence-electron chi connectivity index (χ4n) is 2.83. The van der Waals surface area contributed by atoms with Crippen LogP contribution < -0.4 is 14.8 Å². The topological polar surface area (TPSA) is 30.5 Å². The molecule has 3 heteroatoms. The highest BCUT2D eigenvalue weighted by Crippen LogP contribution is 2.38. The molecule has 3 nitrogen and oxygen atoms in total. The molecular weight excluding hydrogens is 262 g/mol. The number of unbranched alkanes of at least 4 members (excludes halogenated alkanes) is 3. The van der Waals surface area contributed by atoms with E-state index in [1.165, 1.54) is 37.7 Å². The van der Waals surface area contributed by atoms with Crippen molar-refractivity contribution in [3.63, 3.8) is 0 Å². The molecule has 0 saturated heterocycles. The highest BCUT2D eigenvalue weighted by molar-refractivity contribution is 5.48. The van der Waals surface area contributed by atoms with Crippen LogP contribution in [0.5, 0.6) is 11.5 Å². The van der Waals surface area contributed by atoms with Crippen LogP contribution in [0.25, 0.3) is 0 Å². The summed E-state index contributed by atoms with van der Waals surface area (Å²) in [7, 11) is 0. The number of hydrogen-bond donors (Lipinski definition) is 1. The predicted octanol–water partition coefficient (Wildman–Crippen LogP) is 4.47. The van der Waals surface area contributed by atoms with Gasteiger partial charge in [-0.2, -0.15) is 0 Å². The van der Waals surface area contributed by atoms with Crippen LogP contribution in [0.2, 0.25) is 0 Å². The zero-order valence-corrected chi connectivity index (χ0v) is 13.5. The smallest absolute Gasteiger partial charge is 0.166 e. The van der Waals surface area contributed by atoms with Gasteiger partial charge in [-0.25, -0.2) is 0 Å². The summed E-state index contributed by atoms with van der Waals surface area (Å²) in [4.78, 5) is 0. The Labute approximate surface area is 129 Å². The third-order valence-electron chi connectivity index (χ3n) is 3.96. The molecule has 1 aromatic rings. The molecule has 1 aliphatic heterocycles. The number of benzene rings is 1. The third kappa shape index (κ3) is 4.63. The average Bonchev–Trinajstić information content (AvgIpc) is 2.54. The van der Waals surface area contributed by atoms with E-state index in [-0.39, 0.29) is 0 Å². The van der Waals surface area contributed by atoms with E-state index in [9.17, 15) is 0 Å². The van der Waals surface area contributed by atoms with Crippen molar-refractivity contribution in [3.05, 3.63) is 23.8 Å².